The van der Waals surface area contributed by atoms with Gasteiger partial charge in [-0.15, -0.1) is 11.3 Å². The molecule has 0 radical (unpaired) electrons. The van der Waals surface area contributed by atoms with Gasteiger partial charge in [0.25, 0.3) is 5.56 Å². The number of nitrogens with zero attached hydrogens (tertiary/aromatic N) is 2. The van der Waals surface area contributed by atoms with E-state index in [0.717, 1.165) is 22.6 Å². The third kappa shape index (κ3) is 2.61. The Balaban J connectivity index is 1.31. The van der Waals surface area contributed by atoms with Crippen molar-refractivity contribution in [2.24, 2.45) is 23.2 Å². The van der Waals surface area contributed by atoms with Crippen molar-refractivity contribution < 1.29 is 4.79 Å². The largest absolute Gasteiger partial charge is 0.352 e. The minimum absolute atomic E-state index is 0.0499. The van der Waals surface area contributed by atoms with Gasteiger partial charge >= 0.3 is 0 Å². The molecule has 4 aliphatic carbocycles. The maximum Gasteiger partial charge on any atom is 0.262 e. The molecule has 0 aliphatic heterocycles. The summed E-state index contributed by atoms with van der Waals surface area (Å²) in [6.07, 6.45) is 9.51. The Labute approximate surface area is 156 Å². The van der Waals surface area contributed by atoms with Crippen molar-refractivity contribution in [3.8, 4) is 0 Å². The molecule has 0 saturated heterocycles. The molecule has 6 heteroatoms. The second kappa shape index (κ2) is 5.91. The molecule has 4 aliphatic rings. The average molecular weight is 372 g/mol. The zero-order chi connectivity index (χ0) is 17.9. The van der Waals surface area contributed by atoms with E-state index in [9.17, 15) is 9.59 Å². The molecule has 26 heavy (non-hydrogen) atoms. The first-order valence-corrected chi connectivity index (χ1v) is 10.6. The fourth-order valence-electron chi connectivity index (χ4n) is 6.31. The fourth-order valence-corrected chi connectivity index (χ4v) is 7.03. The van der Waals surface area contributed by atoms with Gasteiger partial charge in [0, 0.05) is 6.04 Å². The molecule has 5 nitrogen and oxygen atoms in total. The Morgan fingerprint density at radius 2 is 1.96 bits per heavy atom. The second-order valence-corrected chi connectivity index (χ2v) is 9.78. The predicted octanol–water partition coefficient (Wildman–Crippen LogP) is 3.18. The Morgan fingerprint density at radius 1 is 1.31 bits per heavy atom. The number of thiophene rings is 1. The van der Waals surface area contributed by atoms with Gasteiger partial charge in [-0.3, -0.25) is 14.2 Å². The first kappa shape index (κ1) is 16.5. The molecule has 6 rings (SSSR count). The molecular formula is C20H25N3O2S. The van der Waals surface area contributed by atoms with Crippen molar-refractivity contribution in [3.05, 3.63) is 28.1 Å². The monoisotopic (exact) mass is 371 g/mol. The van der Waals surface area contributed by atoms with Crippen LogP contribution in [0.25, 0.3) is 10.2 Å². The van der Waals surface area contributed by atoms with Crippen LogP contribution in [0.2, 0.25) is 0 Å². The molecule has 1 amide bonds. The lowest BCUT2D eigenvalue weighted by Gasteiger charge is -2.59. The van der Waals surface area contributed by atoms with E-state index in [2.05, 4.69) is 17.2 Å². The van der Waals surface area contributed by atoms with E-state index >= 15 is 0 Å². The first-order chi connectivity index (χ1) is 12.5. The van der Waals surface area contributed by atoms with Crippen molar-refractivity contribution in [2.75, 3.05) is 0 Å². The number of amides is 1. The summed E-state index contributed by atoms with van der Waals surface area (Å²) < 4.78 is 1.43. The SMILES string of the molecule is C[C@H](NC(=O)Cn1cnc2sccc2c1=O)C12CC3CC(CC(C3)C1)C2. The fraction of sp³-hybridized carbons (Fsp3) is 0.650. The summed E-state index contributed by atoms with van der Waals surface area (Å²) in [5.74, 6) is 2.53. The van der Waals surface area contributed by atoms with Crippen molar-refractivity contribution >= 4 is 27.5 Å². The minimum atomic E-state index is -0.131. The van der Waals surface area contributed by atoms with Crippen LogP contribution in [0.1, 0.15) is 45.4 Å². The van der Waals surface area contributed by atoms with E-state index in [0.29, 0.717) is 5.39 Å². The molecule has 2 aromatic rings. The van der Waals surface area contributed by atoms with Crippen LogP contribution in [0.15, 0.2) is 22.6 Å². The van der Waals surface area contributed by atoms with Gasteiger partial charge in [0.05, 0.1) is 11.7 Å². The highest BCUT2D eigenvalue weighted by Crippen LogP contribution is 2.61. The highest BCUT2D eigenvalue weighted by molar-refractivity contribution is 7.16. The maximum atomic E-state index is 12.6. The van der Waals surface area contributed by atoms with Crippen molar-refractivity contribution in [3.63, 3.8) is 0 Å². The van der Waals surface area contributed by atoms with Gasteiger partial charge in [0.15, 0.2) is 0 Å². The van der Waals surface area contributed by atoms with E-state index < -0.39 is 0 Å². The molecule has 4 bridgehead atoms. The van der Waals surface area contributed by atoms with Gasteiger partial charge in [-0.25, -0.2) is 4.98 Å². The van der Waals surface area contributed by atoms with Crippen LogP contribution in [-0.2, 0) is 11.3 Å². The quantitative estimate of drug-likeness (QED) is 0.898. The standard InChI is InChI=1S/C20H25N3O2S/c1-12(20-7-13-4-14(8-20)6-15(5-13)9-20)22-17(24)10-23-11-21-18-16(19(23)25)2-3-26-18/h2-3,11-15H,4-10H2,1H3,(H,22,24)/t12-,13?,14?,15?,20?/m0/s1. The summed E-state index contributed by atoms with van der Waals surface area (Å²) in [6.45, 7) is 2.22. The second-order valence-electron chi connectivity index (χ2n) is 8.89. The summed E-state index contributed by atoms with van der Waals surface area (Å²) in [5, 5.41) is 5.69. The topological polar surface area (TPSA) is 64.0 Å². The first-order valence-electron chi connectivity index (χ1n) is 9.74. The number of carbonyl (C=O) groups excluding carboxylic acids is 1. The van der Waals surface area contributed by atoms with Crippen LogP contribution >= 0.6 is 11.3 Å². The summed E-state index contributed by atoms with van der Waals surface area (Å²) >= 11 is 1.45. The number of hydrogen-bond donors (Lipinski definition) is 1. The van der Waals surface area contributed by atoms with Crippen molar-refractivity contribution in [1.29, 1.82) is 0 Å². The molecule has 2 heterocycles. The number of aromatic nitrogens is 2. The summed E-state index contributed by atoms with van der Waals surface area (Å²) in [4.78, 5) is 30.1. The van der Waals surface area contributed by atoms with Crippen LogP contribution in [0.4, 0.5) is 0 Å². The van der Waals surface area contributed by atoms with Gasteiger partial charge in [-0.1, -0.05) is 0 Å². The van der Waals surface area contributed by atoms with Crippen LogP contribution < -0.4 is 10.9 Å². The molecule has 138 valence electrons. The lowest BCUT2D eigenvalue weighted by Crippen LogP contribution is -2.56. The number of nitrogens with one attached hydrogen (secondary N) is 1. The highest BCUT2D eigenvalue weighted by Gasteiger charge is 2.53. The van der Waals surface area contributed by atoms with Gasteiger partial charge in [0.2, 0.25) is 5.91 Å². The van der Waals surface area contributed by atoms with E-state index in [-0.39, 0.29) is 29.5 Å². The van der Waals surface area contributed by atoms with Crippen molar-refractivity contribution in [2.45, 2.75) is 58.0 Å². The minimum Gasteiger partial charge on any atom is -0.352 e. The molecule has 4 saturated carbocycles. The lowest BCUT2D eigenvalue weighted by atomic mass is 9.48. The number of hydrogen-bond acceptors (Lipinski definition) is 4. The Bertz CT molecular complexity index is 880. The van der Waals surface area contributed by atoms with E-state index in [4.69, 9.17) is 0 Å². The molecule has 0 spiro atoms. The highest BCUT2D eigenvalue weighted by atomic mass is 32.1. The number of carbonyl (C=O) groups is 1. The summed E-state index contributed by atoms with van der Waals surface area (Å²) in [5.41, 5.74) is 0.152. The zero-order valence-corrected chi connectivity index (χ0v) is 15.9. The van der Waals surface area contributed by atoms with Crippen molar-refractivity contribution in [1.82, 2.24) is 14.9 Å². The molecule has 2 aromatic heterocycles. The van der Waals surface area contributed by atoms with E-state index in [1.165, 1.54) is 60.8 Å². The number of rotatable bonds is 4. The van der Waals surface area contributed by atoms with Crippen LogP contribution in [0, 0.1) is 23.2 Å². The predicted molar refractivity (Wildman–Crippen MR) is 102 cm³/mol. The van der Waals surface area contributed by atoms with Crippen LogP contribution in [0.3, 0.4) is 0 Å². The maximum absolute atomic E-state index is 12.6. The van der Waals surface area contributed by atoms with E-state index in [1.807, 2.05) is 5.38 Å². The van der Waals surface area contributed by atoms with Gasteiger partial charge in [-0.2, -0.15) is 0 Å². The zero-order valence-electron chi connectivity index (χ0n) is 15.1. The third-order valence-electron chi connectivity index (χ3n) is 7.15. The van der Waals surface area contributed by atoms with Gasteiger partial charge in [0.1, 0.15) is 11.4 Å². The molecule has 0 aromatic carbocycles. The molecule has 1 N–H and O–H groups in total. The molecular weight excluding hydrogens is 346 g/mol. The number of fused-ring (bicyclic) bond motifs is 1. The molecule has 0 unspecified atom stereocenters. The summed E-state index contributed by atoms with van der Waals surface area (Å²) in [6, 6.07) is 1.96. The van der Waals surface area contributed by atoms with Crippen LogP contribution in [0.5, 0.6) is 0 Å². The average Bonchev–Trinajstić information content (AvgIpc) is 3.05. The normalized spacial score (nSPS) is 33.5. The Kier molecular flexibility index (Phi) is 3.75. The van der Waals surface area contributed by atoms with Gasteiger partial charge < -0.3 is 5.32 Å². The Hall–Kier alpha value is -1.69. The Morgan fingerprint density at radius 3 is 2.62 bits per heavy atom. The molecule has 1 atom stereocenters. The van der Waals surface area contributed by atoms with Gasteiger partial charge in [-0.05, 0) is 80.1 Å². The third-order valence-corrected chi connectivity index (χ3v) is 7.97. The van der Waals surface area contributed by atoms with E-state index in [1.54, 1.807) is 6.07 Å². The summed E-state index contributed by atoms with van der Waals surface area (Å²) in [7, 11) is 0. The smallest absolute Gasteiger partial charge is 0.262 e. The molecule has 4 fully saturated rings. The van der Waals surface area contributed by atoms with Crippen LogP contribution in [-0.4, -0.2) is 21.5 Å². The lowest BCUT2D eigenvalue weighted by molar-refractivity contribution is -0.126.